The fourth-order valence-corrected chi connectivity index (χ4v) is 1.31. The standard InChI is InChI=1S/C13H11NO3.ClH/c15-12-5-3-11(4-6-12)13(16)17-9-10-2-1-7-14-8-10;/h1-8,15H,9H2;1H. The molecule has 0 saturated carbocycles. The summed E-state index contributed by atoms with van der Waals surface area (Å²) >= 11 is 0. The average Bonchev–Trinajstić information content (AvgIpc) is 2.38. The molecular formula is C13H12ClNO3. The van der Waals surface area contributed by atoms with E-state index in [1.807, 2.05) is 6.07 Å². The van der Waals surface area contributed by atoms with E-state index in [-0.39, 0.29) is 24.8 Å². The van der Waals surface area contributed by atoms with Crippen molar-refractivity contribution < 1.29 is 14.6 Å². The van der Waals surface area contributed by atoms with Crippen LogP contribution in [-0.2, 0) is 11.3 Å². The van der Waals surface area contributed by atoms with Crippen molar-refractivity contribution in [1.29, 1.82) is 0 Å². The highest BCUT2D eigenvalue weighted by Gasteiger charge is 2.06. The quantitative estimate of drug-likeness (QED) is 0.867. The van der Waals surface area contributed by atoms with Crippen LogP contribution < -0.4 is 0 Å². The van der Waals surface area contributed by atoms with Gasteiger partial charge < -0.3 is 9.84 Å². The Labute approximate surface area is 111 Å². The van der Waals surface area contributed by atoms with E-state index < -0.39 is 5.97 Å². The van der Waals surface area contributed by atoms with Gasteiger partial charge in [-0.25, -0.2) is 4.79 Å². The number of carbonyl (C=O) groups is 1. The minimum atomic E-state index is -0.422. The minimum Gasteiger partial charge on any atom is -0.508 e. The average molecular weight is 266 g/mol. The molecule has 0 amide bonds. The zero-order valence-corrected chi connectivity index (χ0v) is 10.3. The van der Waals surface area contributed by atoms with Gasteiger partial charge in [-0.1, -0.05) is 6.07 Å². The molecule has 2 aromatic rings. The molecular weight excluding hydrogens is 254 g/mol. The maximum Gasteiger partial charge on any atom is 0.338 e. The Morgan fingerprint density at radius 1 is 1.22 bits per heavy atom. The molecule has 18 heavy (non-hydrogen) atoms. The van der Waals surface area contributed by atoms with E-state index in [1.54, 1.807) is 18.5 Å². The van der Waals surface area contributed by atoms with E-state index in [2.05, 4.69) is 4.98 Å². The molecule has 2 rings (SSSR count). The highest BCUT2D eigenvalue weighted by Crippen LogP contribution is 2.11. The summed E-state index contributed by atoms with van der Waals surface area (Å²) in [5.74, 6) is -0.303. The molecule has 4 nitrogen and oxygen atoms in total. The molecule has 0 atom stereocenters. The van der Waals surface area contributed by atoms with Crippen molar-refractivity contribution in [2.45, 2.75) is 6.61 Å². The molecule has 0 saturated heterocycles. The molecule has 5 heteroatoms. The fraction of sp³-hybridized carbons (Fsp3) is 0.0769. The molecule has 0 aliphatic rings. The maximum atomic E-state index is 11.6. The summed E-state index contributed by atoms with van der Waals surface area (Å²) in [6.45, 7) is 0.188. The molecule has 0 aliphatic heterocycles. The van der Waals surface area contributed by atoms with Crippen LogP contribution in [0.1, 0.15) is 15.9 Å². The molecule has 0 bridgehead atoms. The normalized spacial score (nSPS) is 9.33. The number of aromatic nitrogens is 1. The van der Waals surface area contributed by atoms with E-state index in [9.17, 15) is 4.79 Å². The summed E-state index contributed by atoms with van der Waals surface area (Å²) in [6.07, 6.45) is 3.30. The van der Waals surface area contributed by atoms with E-state index >= 15 is 0 Å². The predicted octanol–water partition coefficient (Wildman–Crippen LogP) is 2.57. The van der Waals surface area contributed by atoms with Crippen LogP contribution in [0.4, 0.5) is 0 Å². The molecule has 1 N–H and O–H groups in total. The third-order valence-corrected chi connectivity index (χ3v) is 2.20. The Morgan fingerprint density at radius 2 is 1.94 bits per heavy atom. The lowest BCUT2D eigenvalue weighted by Gasteiger charge is -2.04. The van der Waals surface area contributed by atoms with Gasteiger partial charge in [-0.15, -0.1) is 12.4 Å². The number of aromatic hydroxyl groups is 1. The van der Waals surface area contributed by atoms with Gasteiger partial charge in [0.15, 0.2) is 0 Å². The third kappa shape index (κ3) is 3.75. The van der Waals surface area contributed by atoms with Crippen LogP contribution in [0.3, 0.4) is 0 Å². The molecule has 0 radical (unpaired) electrons. The summed E-state index contributed by atoms with van der Waals surface area (Å²) in [5, 5.41) is 9.09. The van der Waals surface area contributed by atoms with Gasteiger partial charge in [0, 0.05) is 18.0 Å². The maximum absolute atomic E-state index is 11.6. The van der Waals surface area contributed by atoms with Gasteiger partial charge >= 0.3 is 5.97 Å². The van der Waals surface area contributed by atoms with Crippen molar-refractivity contribution in [1.82, 2.24) is 4.98 Å². The van der Waals surface area contributed by atoms with Crippen molar-refractivity contribution in [2.75, 3.05) is 0 Å². The Hall–Kier alpha value is -2.07. The third-order valence-electron chi connectivity index (χ3n) is 2.20. The summed E-state index contributed by atoms with van der Waals surface area (Å²) in [7, 11) is 0. The van der Waals surface area contributed by atoms with Gasteiger partial charge in [-0.3, -0.25) is 4.98 Å². The van der Waals surface area contributed by atoms with E-state index in [0.717, 1.165) is 5.56 Å². The van der Waals surface area contributed by atoms with Crippen LogP contribution in [-0.4, -0.2) is 16.1 Å². The molecule has 0 spiro atoms. The zero-order valence-electron chi connectivity index (χ0n) is 9.45. The van der Waals surface area contributed by atoms with Crippen LogP contribution in [0, 0.1) is 0 Å². The number of hydrogen-bond acceptors (Lipinski definition) is 4. The van der Waals surface area contributed by atoms with Gasteiger partial charge in [0.05, 0.1) is 5.56 Å². The highest BCUT2D eigenvalue weighted by atomic mass is 35.5. The number of benzene rings is 1. The summed E-state index contributed by atoms with van der Waals surface area (Å²) in [6, 6.07) is 9.53. The second-order valence-electron chi connectivity index (χ2n) is 3.48. The summed E-state index contributed by atoms with van der Waals surface area (Å²) < 4.78 is 5.09. The van der Waals surface area contributed by atoms with Crippen molar-refractivity contribution in [3.8, 4) is 5.75 Å². The smallest absolute Gasteiger partial charge is 0.338 e. The number of halogens is 1. The number of hydrogen-bond donors (Lipinski definition) is 1. The number of rotatable bonds is 3. The fourth-order valence-electron chi connectivity index (χ4n) is 1.31. The molecule has 1 aromatic heterocycles. The lowest BCUT2D eigenvalue weighted by molar-refractivity contribution is 0.0472. The predicted molar refractivity (Wildman–Crippen MR) is 68.7 cm³/mol. The Bertz CT molecular complexity index is 499. The first-order valence-corrected chi connectivity index (χ1v) is 5.11. The molecule has 1 heterocycles. The molecule has 0 unspecified atom stereocenters. The first-order chi connectivity index (χ1) is 8.25. The number of pyridine rings is 1. The number of ether oxygens (including phenoxy) is 1. The van der Waals surface area contributed by atoms with Crippen LogP contribution in [0.15, 0.2) is 48.8 Å². The van der Waals surface area contributed by atoms with Crippen molar-refractivity contribution in [2.24, 2.45) is 0 Å². The molecule has 0 fully saturated rings. The Balaban J connectivity index is 0.00000162. The van der Waals surface area contributed by atoms with Crippen LogP contribution in [0.5, 0.6) is 5.75 Å². The number of nitrogens with zero attached hydrogens (tertiary/aromatic N) is 1. The molecule has 0 aliphatic carbocycles. The van der Waals surface area contributed by atoms with E-state index in [1.165, 1.54) is 24.3 Å². The van der Waals surface area contributed by atoms with E-state index in [0.29, 0.717) is 5.56 Å². The number of esters is 1. The second kappa shape index (κ2) is 6.61. The lowest BCUT2D eigenvalue weighted by atomic mass is 10.2. The van der Waals surface area contributed by atoms with Crippen LogP contribution in [0.2, 0.25) is 0 Å². The van der Waals surface area contributed by atoms with Gasteiger partial charge in [0.2, 0.25) is 0 Å². The van der Waals surface area contributed by atoms with Crippen LogP contribution in [0.25, 0.3) is 0 Å². The second-order valence-corrected chi connectivity index (χ2v) is 3.48. The van der Waals surface area contributed by atoms with Gasteiger partial charge in [0.25, 0.3) is 0 Å². The van der Waals surface area contributed by atoms with Crippen molar-refractivity contribution in [3.63, 3.8) is 0 Å². The lowest BCUT2D eigenvalue weighted by Crippen LogP contribution is -2.04. The van der Waals surface area contributed by atoms with E-state index in [4.69, 9.17) is 9.84 Å². The number of phenols is 1. The number of carbonyl (C=O) groups excluding carboxylic acids is 1. The topological polar surface area (TPSA) is 59.4 Å². The summed E-state index contributed by atoms with van der Waals surface area (Å²) in [5.41, 5.74) is 1.24. The molecule has 94 valence electrons. The van der Waals surface area contributed by atoms with Crippen molar-refractivity contribution >= 4 is 18.4 Å². The zero-order chi connectivity index (χ0) is 12.1. The first-order valence-electron chi connectivity index (χ1n) is 5.11. The Morgan fingerprint density at radius 3 is 2.56 bits per heavy atom. The van der Waals surface area contributed by atoms with Gasteiger partial charge in [-0.05, 0) is 30.3 Å². The minimum absolute atomic E-state index is 0. The highest BCUT2D eigenvalue weighted by molar-refractivity contribution is 5.89. The summed E-state index contributed by atoms with van der Waals surface area (Å²) in [4.78, 5) is 15.5. The SMILES string of the molecule is Cl.O=C(OCc1cccnc1)c1ccc(O)cc1. The van der Waals surface area contributed by atoms with Crippen LogP contribution >= 0.6 is 12.4 Å². The van der Waals surface area contributed by atoms with Gasteiger partial charge in [-0.2, -0.15) is 0 Å². The van der Waals surface area contributed by atoms with Gasteiger partial charge in [0.1, 0.15) is 12.4 Å². The monoisotopic (exact) mass is 265 g/mol. The molecule has 1 aromatic carbocycles. The number of phenolic OH excluding ortho intramolecular Hbond substituents is 1. The van der Waals surface area contributed by atoms with Crippen molar-refractivity contribution in [3.05, 3.63) is 59.9 Å². The Kier molecular flexibility index (Phi) is 5.14. The first kappa shape index (κ1) is 14.0. The largest absolute Gasteiger partial charge is 0.508 e.